The molecule has 0 atom stereocenters. The van der Waals surface area contributed by atoms with E-state index in [1.54, 1.807) is 0 Å². The van der Waals surface area contributed by atoms with Gasteiger partial charge in [0.2, 0.25) is 0 Å². The molecule has 0 amide bonds. The molecule has 0 saturated heterocycles. The van der Waals surface area contributed by atoms with Crippen LogP contribution in [0.15, 0.2) is 31.0 Å². The van der Waals surface area contributed by atoms with Crippen molar-refractivity contribution in [2.45, 2.75) is 12.8 Å². The van der Waals surface area contributed by atoms with Crippen LogP contribution in [-0.2, 0) is 5.92 Å². The van der Waals surface area contributed by atoms with Crippen molar-refractivity contribution in [3.8, 4) is 17.3 Å². The smallest absolute Gasteiger partial charge is 0.271 e. The number of alkyl halides is 2. The first kappa shape index (κ1) is 13.9. The number of nitrogens with one attached hydrogen (secondary N) is 1. The molecule has 0 radical (unpaired) electrons. The summed E-state index contributed by atoms with van der Waals surface area (Å²) in [6.07, 6.45) is 2.52. The third-order valence-electron chi connectivity index (χ3n) is 2.93. The SMILES string of the molecule is C=Cc1cc(C#N)cc(F)c1-c1cc(C(C)(F)F)c[nH]1. The predicted octanol–water partition coefficient (Wildman–Crippen LogP) is 4.45. The lowest BCUT2D eigenvalue weighted by atomic mass is 10.0. The lowest BCUT2D eigenvalue weighted by molar-refractivity contribution is 0.0176. The van der Waals surface area contributed by atoms with Crippen LogP contribution >= 0.6 is 0 Å². The second-order valence-corrected chi connectivity index (χ2v) is 4.43. The molecule has 2 nitrogen and oxygen atoms in total. The van der Waals surface area contributed by atoms with E-state index in [1.807, 2.05) is 6.07 Å². The number of aromatic amines is 1. The molecule has 0 fully saturated rings. The second-order valence-electron chi connectivity index (χ2n) is 4.43. The molecule has 0 aliphatic carbocycles. The standard InChI is InChI=1S/C15H11F3N2/c1-3-10-4-9(7-19)5-12(16)14(10)13-6-11(8-20-13)15(2,17)18/h3-6,8,20H,1H2,2H3. The Labute approximate surface area is 114 Å². The van der Waals surface area contributed by atoms with Gasteiger partial charge in [-0.05, 0) is 23.8 Å². The number of hydrogen-bond donors (Lipinski definition) is 1. The summed E-state index contributed by atoms with van der Waals surface area (Å²) < 4.78 is 40.5. The summed E-state index contributed by atoms with van der Waals surface area (Å²) >= 11 is 0. The van der Waals surface area contributed by atoms with Gasteiger partial charge in [-0.25, -0.2) is 13.2 Å². The number of aromatic nitrogens is 1. The van der Waals surface area contributed by atoms with Gasteiger partial charge in [0.1, 0.15) is 5.82 Å². The highest BCUT2D eigenvalue weighted by molar-refractivity contribution is 5.74. The molecule has 1 N–H and O–H groups in total. The quantitative estimate of drug-likeness (QED) is 0.884. The van der Waals surface area contributed by atoms with E-state index < -0.39 is 11.7 Å². The van der Waals surface area contributed by atoms with E-state index in [2.05, 4.69) is 11.6 Å². The average molecular weight is 276 g/mol. The van der Waals surface area contributed by atoms with Crippen molar-refractivity contribution >= 4 is 6.08 Å². The second kappa shape index (κ2) is 4.89. The zero-order chi connectivity index (χ0) is 14.9. The van der Waals surface area contributed by atoms with Gasteiger partial charge in [-0.15, -0.1) is 0 Å². The fraction of sp³-hybridized carbons (Fsp3) is 0.133. The fourth-order valence-corrected chi connectivity index (χ4v) is 1.93. The van der Waals surface area contributed by atoms with Gasteiger partial charge in [0.25, 0.3) is 5.92 Å². The van der Waals surface area contributed by atoms with Crippen molar-refractivity contribution in [2.75, 3.05) is 0 Å². The Bertz CT molecular complexity index is 703. The van der Waals surface area contributed by atoms with Crippen LogP contribution in [0, 0.1) is 17.1 Å². The van der Waals surface area contributed by atoms with Crippen molar-refractivity contribution < 1.29 is 13.2 Å². The molecule has 5 heteroatoms. The van der Waals surface area contributed by atoms with Crippen LogP contribution < -0.4 is 0 Å². The minimum absolute atomic E-state index is 0.120. The van der Waals surface area contributed by atoms with E-state index >= 15 is 0 Å². The molecule has 0 aliphatic rings. The summed E-state index contributed by atoms with van der Waals surface area (Å²) in [7, 11) is 0. The highest BCUT2D eigenvalue weighted by Crippen LogP contribution is 2.33. The van der Waals surface area contributed by atoms with Crippen LogP contribution in [0.3, 0.4) is 0 Å². The average Bonchev–Trinajstić information content (AvgIpc) is 2.86. The number of benzene rings is 1. The van der Waals surface area contributed by atoms with Gasteiger partial charge < -0.3 is 4.98 Å². The molecule has 0 spiro atoms. The summed E-state index contributed by atoms with van der Waals surface area (Å²) in [4.78, 5) is 2.63. The van der Waals surface area contributed by atoms with Gasteiger partial charge in [-0.1, -0.05) is 12.7 Å². The highest BCUT2D eigenvalue weighted by atomic mass is 19.3. The number of hydrogen-bond acceptors (Lipinski definition) is 1. The summed E-state index contributed by atoms with van der Waals surface area (Å²) in [5, 5.41) is 8.80. The van der Waals surface area contributed by atoms with Crippen molar-refractivity contribution in [1.82, 2.24) is 4.98 Å². The highest BCUT2D eigenvalue weighted by Gasteiger charge is 2.26. The van der Waals surface area contributed by atoms with Gasteiger partial charge in [-0.2, -0.15) is 5.26 Å². The number of nitriles is 1. The lowest BCUT2D eigenvalue weighted by Crippen LogP contribution is -2.04. The largest absolute Gasteiger partial charge is 0.361 e. The number of rotatable bonds is 3. The van der Waals surface area contributed by atoms with Crippen molar-refractivity contribution in [1.29, 1.82) is 5.26 Å². The first-order valence-electron chi connectivity index (χ1n) is 5.80. The van der Waals surface area contributed by atoms with Crippen LogP contribution in [0.4, 0.5) is 13.2 Å². The maximum absolute atomic E-state index is 14.1. The normalized spacial score (nSPS) is 11.2. The predicted molar refractivity (Wildman–Crippen MR) is 70.6 cm³/mol. The molecular weight excluding hydrogens is 265 g/mol. The zero-order valence-corrected chi connectivity index (χ0v) is 10.7. The zero-order valence-electron chi connectivity index (χ0n) is 10.7. The third-order valence-corrected chi connectivity index (χ3v) is 2.93. The van der Waals surface area contributed by atoms with Crippen molar-refractivity contribution in [3.05, 3.63) is 53.5 Å². The Morgan fingerprint density at radius 3 is 2.55 bits per heavy atom. The Kier molecular flexibility index (Phi) is 3.41. The summed E-state index contributed by atoms with van der Waals surface area (Å²) in [6.45, 7) is 4.32. The molecule has 2 aromatic rings. The van der Waals surface area contributed by atoms with E-state index in [-0.39, 0.29) is 22.4 Å². The maximum Gasteiger partial charge on any atom is 0.271 e. The van der Waals surface area contributed by atoms with Gasteiger partial charge in [0, 0.05) is 29.9 Å². The molecule has 0 aliphatic heterocycles. The van der Waals surface area contributed by atoms with Gasteiger partial charge in [0.15, 0.2) is 0 Å². The van der Waals surface area contributed by atoms with Crippen LogP contribution in [0.25, 0.3) is 17.3 Å². The number of H-pyrrole nitrogens is 1. The van der Waals surface area contributed by atoms with Gasteiger partial charge >= 0.3 is 0 Å². The van der Waals surface area contributed by atoms with Crippen LogP contribution in [0.1, 0.15) is 23.6 Å². The van der Waals surface area contributed by atoms with Crippen LogP contribution in [0.2, 0.25) is 0 Å². The molecule has 20 heavy (non-hydrogen) atoms. The molecule has 102 valence electrons. The Morgan fingerprint density at radius 1 is 1.35 bits per heavy atom. The minimum Gasteiger partial charge on any atom is -0.361 e. The van der Waals surface area contributed by atoms with Crippen LogP contribution in [-0.4, -0.2) is 4.98 Å². The van der Waals surface area contributed by atoms with E-state index in [9.17, 15) is 13.2 Å². The minimum atomic E-state index is -3.01. The Morgan fingerprint density at radius 2 is 2.05 bits per heavy atom. The monoisotopic (exact) mass is 276 g/mol. The fourth-order valence-electron chi connectivity index (χ4n) is 1.93. The first-order valence-corrected chi connectivity index (χ1v) is 5.80. The van der Waals surface area contributed by atoms with E-state index in [1.165, 1.54) is 18.2 Å². The maximum atomic E-state index is 14.1. The Hall–Kier alpha value is -2.48. The van der Waals surface area contributed by atoms with Gasteiger partial charge in [0.05, 0.1) is 11.6 Å². The molecule has 1 aromatic carbocycles. The molecule has 2 rings (SSSR count). The molecule has 1 heterocycles. The topological polar surface area (TPSA) is 39.6 Å². The summed E-state index contributed by atoms with van der Waals surface area (Å²) in [6, 6.07) is 5.54. The van der Waals surface area contributed by atoms with E-state index in [4.69, 9.17) is 5.26 Å². The van der Waals surface area contributed by atoms with Gasteiger partial charge in [-0.3, -0.25) is 0 Å². The lowest BCUT2D eigenvalue weighted by Gasteiger charge is -2.08. The number of halogens is 3. The molecule has 0 unspecified atom stereocenters. The molecule has 0 saturated carbocycles. The molecule has 1 aromatic heterocycles. The van der Waals surface area contributed by atoms with Crippen molar-refractivity contribution in [2.24, 2.45) is 0 Å². The van der Waals surface area contributed by atoms with E-state index in [0.29, 0.717) is 5.56 Å². The Balaban J connectivity index is 2.61. The number of nitrogens with zero attached hydrogens (tertiary/aromatic N) is 1. The molecule has 0 bridgehead atoms. The van der Waals surface area contributed by atoms with E-state index in [0.717, 1.165) is 19.2 Å². The summed E-state index contributed by atoms with van der Waals surface area (Å²) in [5.74, 6) is -3.67. The first-order chi connectivity index (χ1) is 9.36. The summed E-state index contributed by atoms with van der Waals surface area (Å²) in [5.41, 5.74) is 0.627. The van der Waals surface area contributed by atoms with Crippen molar-refractivity contribution in [3.63, 3.8) is 0 Å². The molecular formula is C15H11F3N2. The van der Waals surface area contributed by atoms with Crippen LogP contribution in [0.5, 0.6) is 0 Å². The third kappa shape index (κ3) is 2.45.